The van der Waals surface area contributed by atoms with Gasteiger partial charge in [-0.15, -0.1) is 0 Å². The van der Waals surface area contributed by atoms with Crippen molar-refractivity contribution in [3.63, 3.8) is 0 Å². The first-order valence-electron chi connectivity index (χ1n) is 6.27. The van der Waals surface area contributed by atoms with Crippen LogP contribution in [0.5, 0.6) is 0 Å². The lowest BCUT2D eigenvalue weighted by molar-refractivity contribution is -0.146. The van der Waals surface area contributed by atoms with Crippen molar-refractivity contribution in [1.82, 2.24) is 10.2 Å². The van der Waals surface area contributed by atoms with E-state index >= 15 is 0 Å². The van der Waals surface area contributed by atoms with E-state index in [1.807, 2.05) is 0 Å². The lowest BCUT2D eigenvalue weighted by Crippen LogP contribution is -2.53. The summed E-state index contributed by atoms with van der Waals surface area (Å²) >= 11 is 0. The fraction of sp³-hybridized carbons (Fsp3) is 0.917. The summed E-state index contributed by atoms with van der Waals surface area (Å²) < 4.78 is 36.4. The lowest BCUT2D eigenvalue weighted by atomic mass is 9.93. The molecule has 0 spiro atoms. The second-order valence-corrected chi connectivity index (χ2v) is 5.07. The first-order valence-corrected chi connectivity index (χ1v) is 6.27. The summed E-state index contributed by atoms with van der Waals surface area (Å²) in [5.74, 6) is -0.995. The smallest absolute Gasteiger partial charge is 0.390 e. The summed E-state index contributed by atoms with van der Waals surface area (Å²) in [7, 11) is 1.57. The minimum absolute atomic E-state index is 0.132. The van der Waals surface area contributed by atoms with Gasteiger partial charge in [0, 0.05) is 12.6 Å². The standard InChI is InChI=1S/C12H23F3N2O2/c1-5-16-11(3,10(18)19)8-9(2)17(4)7-6-12(13,14)15/h9,16H,5-8H2,1-4H3,(H,18,19). The van der Waals surface area contributed by atoms with Gasteiger partial charge in [-0.2, -0.15) is 13.2 Å². The summed E-state index contributed by atoms with van der Waals surface area (Å²) in [6.45, 7) is 5.43. The van der Waals surface area contributed by atoms with Crippen molar-refractivity contribution < 1.29 is 23.1 Å². The molecule has 0 aromatic rings. The second kappa shape index (κ2) is 7.09. The highest BCUT2D eigenvalue weighted by atomic mass is 19.4. The molecule has 0 aromatic carbocycles. The first-order chi connectivity index (χ1) is 8.52. The van der Waals surface area contributed by atoms with E-state index in [1.54, 1.807) is 27.8 Å². The number of alkyl halides is 3. The van der Waals surface area contributed by atoms with E-state index in [9.17, 15) is 23.1 Å². The van der Waals surface area contributed by atoms with Gasteiger partial charge >= 0.3 is 12.1 Å². The van der Waals surface area contributed by atoms with Crippen LogP contribution in [0.2, 0.25) is 0 Å². The van der Waals surface area contributed by atoms with Gasteiger partial charge in [0.05, 0.1) is 6.42 Å². The van der Waals surface area contributed by atoms with E-state index in [0.717, 1.165) is 0 Å². The van der Waals surface area contributed by atoms with Gasteiger partial charge < -0.3 is 15.3 Å². The highest BCUT2D eigenvalue weighted by Gasteiger charge is 2.35. The number of rotatable bonds is 8. The predicted octanol–water partition coefficient (Wildman–Crippen LogP) is 2.10. The number of likely N-dealkylation sites (N-methyl/N-ethyl adjacent to an activating group) is 1. The minimum atomic E-state index is -4.19. The van der Waals surface area contributed by atoms with Crippen LogP contribution in [0.1, 0.15) is 33.6 Å². The maximum atomic E-state index is 12.1. The number of nitrogens with zero attached hydrogens (tertiary/aromatic N) is 1. The number of aliphatic carboxylic acids is 1. The molecule has 0 amide bonds. The molecule has 0 aliphatic rings. The van der Waals surface area contributed by atoms with Crippen molar-refractivity contribution in [1.29, 1.82) is 0 Å². The van der Waals surface area contributed by atoms with E-state index in [1.165, 1.54) is 4.90 Å². The molecule has 0 aliphatic carbocycles. The van der Waals surface area contributed by atoms with Crippen molar-refractivity contribution in [2.45, 2.75) is 51.4 Å². The van der Waals surface area contributed by atoms with E-state index < -0.39 is 24.1 Å². The van der Waals surface area contributed by atoms with Crippen LogP contribution in [0.15, 0.2) is 0 Å². The monoisotopic (exact) mass is 284 g/mol. The van der Waals surface area contributed by atoms with Gasteiger partial charge in [0.25, 0.3) is 0 Å². The van der Waals surface area contributed by atoms with E-state index in [0.29, 0.717) is 6.54 Å². The molecule has 0 heterocycles. The number of hydrogen-bond acceptors (Lipinski definition) is 3. The van der Waals surface area contributed by atoms with Crippen molar-refractivity contribution in [2.24, 2.45) is 0 Å². The Hall–Kier alpha value is -0.820. The average Bonchev–Trinajstić information content (AvgIpc) is 2.24. The molecule has 0 saturated heterocycles. The molecule has 2 unspecified atom stereocenters. The highest BCUT2D eigenvalue weighted by molar-refractivity contribution is 5.78. The molecule has 0 saturated carbocycles. The number of carboxylic acids is 1. The van der Waals surface area contributed by atoms with Crippen LogP contribution in [0.25, 0.3) is 0 Å². The third kappa shape index (κ3) is 6.77. The number of hydrogen-bond donors (Lipinski definition) is 2. The largest absolute Gasteiger partial charge is 0.480 e. The number of halogens is 3. The Morgan fingerprint density at radius 3 is 2.32 bits per heavy atom. The van der Waals surface area contributed by atoms with Gasteiger partial charge in [0.1, 0.15) is 5.54 Å². The molecule has 2 atom stereocenters. The quantitative estimate of drug-likeness (QED) is 0.717. The van der Waals surface area contributed by atoms with Crippen LogP contribution >= 0.6 is 0 Å². The highest BCUT2D eigenvalue weighted by Crippen LogP contribution is 2.21. The predicted molar refractivity (Wildman–Crippen MR) is 67.1 cm³/mol. The SMILES string of the molecule is CCNC(C)(CC(C)N(C)CCC(F)(F)F)C(=O)O. The lowest BCUT2D eigenvalue weighted by Gasteiger charge is -2.33. The molecule has 7 heteroatoms. The molecule has 114 valence electrons. The minimum Gasteiger partial charge on any atom is -0.480 e. The van der Waals surface area contributed by atoms with Crippen LogP contribution < -0.4 is 5.32 Å². The van der Waals surface area contributed by atoms with Gasteiger partial charge in [0.2, 0.25) is 0 Å². The molecule has 0 fully saturated rings. The van der Waals surface area contributed by atoms with Crippen LogP contribution in [-0.4, -0.2) is 53.9 Å². The van der Waals surface area contributed by atoms with Crippen LogP contribution in [0, 0.1) is 0 Å². The molecule has 0 aromatic heterocycles. The van der Waals surface area contributed by atoms with Crippen LogP contribution in [0.4, 0.5) is 13.2 Å². The normalized spacial score (nSPS) is 17.3. The second-order valence-electron chi connectivity index (χ2n) is 5.07. The Morgan fingerprint density at radius 1 is 1.42 bits per heavy atom. The fourth-order valence-corrected chi connectivity index (χ4v) is 1.90. The number of carboxylic acid groups (broad SMARTS) is 1. The summed E-state index contributed by atoms with van der Waals surface area (Å²) in [4.78, 5) is 12.8. The summed E-state index contributed by atoms with van der Waals surface area (Å²) in [6, 6.07) is -0.262. The van der Waals surface area contributed by atoms with E-state index in [4.69, 9.17) is 0 Å². The molecular weight excluding hydrogens is 261 g/mol. The van der Waals surface area contributed by atoms with Crippen molar-refractivity contribution in [3.05, 3.63) is 0 Å². The Labute approximate surface area is 112 Å². The zero-order valence-corrected chi connectivity index (χ0v) is 11.8. The van der Waals surface area contributed by atoms with Gasteiger partial charge in [-0.25, -0.2) is 0 Å². The first kappa shape index (κ1) is 18.2. The fourth-order valence-electron chi connectivity index (χ4n) is 1.90. The maximum Gasteiger partial charge on any atom is 0.390 e. The van der Waals surface area contributed by atoms with Gasteiger partial charge in [0.15, 0.2) is 0 Å². The molecule has 2 N–H and O–H groups in total. The zero-order valence-electron chi connectivity index (χ0n) is 11.8. The maximum absolute atomic E-state index is 12.1. The zero-order chi connectivity index (χ0) is 15.3. The van der Waals surface area contributed by atoms with Crippen LogP contribution in [-0.2, 0) is 4.79 Å². The molecule has 0 aliphatic heterocycles. The molecular formula is C12H23F3N2O2. The molecule has 0 bridgehead atoms. The van der Waals surface area contributed by atoms with Crippen molar-refractivity contribution in [3.8, 4) is 0 Å². The van der Waals surface area contributed by atoms with Gasteiger partial charge in [-0.05, 0) is 33.9 Å². The molecule has 4 nitrogen and oxygen atoms in total. The van der Waals surface area contributed by atoms with Crippen molar-refractivity contribution in [2.75, 3.05) is 20.1 Å². The Bertz CT molecular complexity index is 297. The third-order valence-electron chi connectivity index (χ3n) is 3.24. The van der Waals surface area contributed by atoms with Crippen molar-refractivity contribution >= 4 is 5.97 Å². The topological polar surface area (TPSA) is 52.6 Å². The van der Waals surface area contributed by atoms with E-state index in [-0.39, 0.29) is 19.0 Å². The summed E-state index contributed by atoms with van der Waals surface area (Å²) in [6.07, 6.45) is -4.84. The Kier molecular flexibility index (Phi) is 6.79. The van der Waals surface area contributed by atoms with Gasteiger partial charge in [-0.1, -0.05) is 6.92 Å². The van der Waals surface area contributed by atoms with E-state index in [2.05, 4.69) is 5.32 Å². The summed E-state index contributed by atoms with van der Waals surface area (Å²) in [5.41, 5.74) is -1.12. The average molecular weight is 284 g/mol. The number of nitrogens with one attached hydrogen (secondary N) is 1. The number of carbonyl (C=O) groups is 1. The van der Waals surface area contributed by atoms with Gasteiger partial charge in [-0.3, -0.25) is 4.79 Å². The third-order valence-corrected chi connectivity index (χ3v) is 3.24. The molecule has 0 radical (unpaired) electrons. The Balaban J connectivity index is 4.48. The molecule has 19 heavy (non-hydrogen) atoms. The molecule has 0 rings (SSSR count). The Morgan fingerprint density at radius 2 is 1.95 bits per heavy atom. The van der Waals surface area contributed by atoms with Crippen LogP contribution in [0.3, 0.4) is 0 Å². The summed E-state index contributed by atoms with van der Waals surface area (Å²) in [5, 5.41) is 12.1.